The molecule has 0 spiro atoms. The highest BCUT2D eigenvalue weighted by Crippen LogP contribution is 2.47. The van der Waals surface area contributed by atoms with Crippen molar-refractivity contribution >= 4 is 62.0 Å². The van der Waals surface area contributed by atoms with Crippen molar-refractivity contribution < 1.29 is 46.9 Å². The van der Waals surface area contributed by atoms with E-state index in [1.165, 1.54) is 24.3 Å². The largest absolute Gasteiger partial charge is 0.508 e. The number of aryl methyl sites for hydroxylation is 2. The van der Waals surface area contributed by atoms with Crippen LogP contribution >= 0.6 is 0 Å². The summed E-state index contributed by atoms with van der Waals surface area (Å²) in [5, 5.41) is 20.1. The van der Waals surface area contributed by atoms with Crippen LogP contribution in [-0.4, -0.2) is 141 Å². The van der Waals surface area contributed by atoms with Crippen molar-refractivity contribution in [1.82, 2.24) is 39.8 Å². The van der Waals surface area contributed by atoms with Crippen molar-refractivity contribution in [3.05, 3.63) is 71.1 Å². The Kier molecular flexibility index (Phi) is 14.0. The Morgan fingerprint density at radius 1 is 0.900 bits per heavy atom. The summed E-state index contributed by atoms with van der Waals surface area (Å²) < 4.78 is 70.2. The van der Waals surface area contributed by atoms with Gasteiger partial charge in [0.1, 0.15) is 48.0 Å². The number of aromatic nitrogens is 5. The van der Waals surface area contributed by atoms with Gasteiger partial charge in [0.25, 0.3) is 0 Å². The number of amides is 3. The summed E-state index contributed by atoms with van der Waals surface area (Å²) in [7, 11) is 1.91. The number of alkyl halides is 1. The van der Waals surface area contributed by atoms with Gasteiger partial charge in [-0.3, -0.25) is 24.5 Å². The second kappa shape index (κ2) is 21.3. The number of halogens is 3. The highest BCUT2D eigenvalue weighted by molar-refractivity contribution is 6.04. The lowest BCUT2D eigenvalue weighted by Gasteiger charge is -2.37. The topological polar surface area (TPSA) is 181 Å². The van der Waals surface area contributed by atoms with Gasteiger partial charge in [-0.1, -0.05) is 13.0 Å². The number of fused-ring (bicyclic) bond motifs is 5. The van der Waals surface area contributed by atoms with Gasteiger partial charge in [-0.05, 0) is 148 Å². The number of rotatable bonds is 11. The van der Waals surface area contributed by atoms with Crippen molar-refractivity contribution in [3.63, 3.8) is 0 Å². The van der Waals surface area contributed by atoms with Crippen molar-refractivity contribution in [1.29, 1.82) is 0 Å². The van der Waals surface area contributed by atoms with Gasteiger partial charge in [-0.15, -0.1) is 0 Å². The number of phenolic OH excluding ortho intramolecular Hbond substituents is 1. The van der Waals surface area contributed by atoms with E-state index in [-0.39, 0.29) is 102 Å². The molecule has 422 valence electrons. The number of ether oxygens (including phenoxy) is 3. The summed E-state index contributed by atoms with van der Waals surface area (Å²) in [4.78, 5) is 61.1. The van der Waals surface area contributed by atoms with Gasteiger partial charge in [-0.2, -0.15) is 15.1 Å². The number of aromatic hydroxyl groups is 1. The van der Waals surface area contributed by atoms with E-state index in [1.54, 1.807) is 6.92 Å². The van der Waals surface area contributed by atoms with E-state index in [9.17, 15) is 19.5 Å². The molecule has 0 bridgehead atoms. The Labute approximate surface area is 462 Å². The Morgan fingerprint density at radius 3 is 2.51 bits per heavy atom. The first-order valence-corrected chi connectivity index (χ1v) is 29.0. The van der Waals surface area contributed by atoms with Crippen molar-refractivity contribution in [3.8, 4) is 23.0 Å². The maximum absolute atomic E-state index is 17.6. The number of benzene rings is 3. The lowest BCUT2D eigenvalue weighted by Crippen LogP contribution is -2.48. The van der Waals surface area contributed by atoms with Gasteiger partial charge in [-0.25, -0.2) is 22.9 Å². The first kappa shape index (κ1) is 52.6. The normalized spacial score (nSPS) is 25.0. The molecule has 7 aliphatic rings. The minimum absolute atomic E-state index is 0.0000554. The standard InChI is InChI=1S/C60H69F3N10O7/c1-3-41-45(61)10-6-36-27-40(74)30-44(49(36)41)53-51(63)55-50-54(65-53)46(62)28-39-31-78-25-5-19-72(39)56(50)67-58(66-55)80-33-60-17-4-20-73(60)38(12-18-60)32-79-59(77)71-23-15-35(16-24-71)26-34-13-21-70(22-14-34)37-7-8-42-47(29-37)69(2)68-52(42)43-9-11-48(75)64-57(43)76/h6-8,10,27,29-30,34-35,38-39,43,46,74H,3-5,9,11-26,28,31-33H2,1-2H3,(H,64,75,76)/t38-,39-,43?,46-,60-/m0/s1. The van der Waals surface area contributed by atoms with Crippen LogP contribution in [0.5, 0.6) is 11.8 Å². The van der Waals surface area contributed by atoms with Crippen molar-refractivity contribution in [2.24, 2.45) is 18.9 Å². The van der Waals surface area contributed by atoms with E-state index in [4.69, 9.17) is 34.3 Å². The second-order valence-electron chi connectivity index (χ2n) is 23.6. The fourth-order valence-corrected chi connectivity index (χ4v) is 14.7. The monoisotopic (exact) mass is 1100 g/mol. The average Bonchev–Trinajstić information content (AvgIpc) is 4.11. The second-order valence-corrected chi connectivity index (χ2v) is 23.6. The molecule has 0 aliphatic carbocycles. The highest BCUT2D eigenvalue weighted by Gasteiger charge is 2.50. The molecule has 10 heterocycles. The van der Waals surface area contributed by atoms with Crippen LogP contribution in [0.25, 0.3) is 43.8 Å². The van der Waals surface area contributed by atoms with Gasteiger partial charge in [0.05, 0.1) is 46.4 Å². The molecule has 3 aromatic heterocycles. The number of nitrogens with zero attached hydrogens (tertiary/aromatic N) is 9. The molecule has 80 heavy (non-hydrogen) atoms. The van der Waals surface area contributed by atoms with Crippen LogP contribution < -0.4 is 19.9 Å². The Morgan fingerprint density at radius 2 is 1.71 bits per heavy atom. The predicted molar refractivity (Wildman–Crippen MR) is 294 cm³/mol. The number of nitrogens with one attached hydrogen (secondary N) is 1. The van der Waals surface area contributed by atoms with Crippen LogP contribution in [0.1, 0.15) is 119 Å². The summed E-state index contributed by atoms with van der Waals surface area (Å²) in [5.41, 5.74) is 2.51. The average molecular weight is 1100 g/mol. The molecule has 3 amide bonds. The van der Waals surface area contributed by atoms with Crippen LogP contribution in [-0.2, 0) is 32.5 Å². The van der Waals surface area contributed by atoms with Gasteiger partial charge < -0.3 is 34.0 Å². The van der Waals surface area contributed by atoms with Crippen LogP contribution in [0.15, 0.2) is 42.5 Å². The van der Waals surface area contributed by atoms with Gasteiger partial charge in [0.2, 0.25) is 11.8 Å². The molecule has 17 nitrogen and oxygen atoms in total. The molecule has 20 heteroatoms. The van der Waals surface area contributed by atoms with E-state index >= 15 is 13.2 Å². The van der Waals surface area contributed by atoms with E-state index in [1.807, 2.05) is 21.5 Å². The van der Waals surface area contributed by atoms with Crippen molar-refractivity contribution in [2.45, 2.75) is 127 Å². The number of hydrogen-bond acceptors (Lipinski definition) is 14. The number of piperidine rings is 3. The molecular weight excluding hydrogens is 1030 g/mol. The van der Waals surface area contributed by atoms with Crippen LogP contribution in [0.4, 0.5) is 29.5 Å². The number of anilines is 2. The smallest absolute Gasteiger partial charge is 0.409 e. The molecule has 6 saturated heterocycles. The van der Waals surface area contributed by atoms with Crippen LogP contribution in [0.3, 0.4) is 0 Å². The number of likely N-dealkylation sites (tertiary alicyclic amines) is 1. The molecule has 6 aromatic rings. The third-order valence-corrected chi connectivity index (χ3v) is 18.9. The summed E-state index contributed by atoms with van der Waals surface area (Å²) in [5.74, 6) is -0.923. The van der Waals surface area contributed by atoms with Gasteiger partial charge >= 0.3 is 12.1 Å². The molecule has 13 rings (SSSR count). The zero-order chi connectivity index (χ0) is 55.0. The molecule has 7 aliphatic heterocycles. The highest BCUT2D eigenvalue weighted by atomic mass is 19.1. The summed E-state index contributed by atoms with van der Waals surface area (Å²) in [6.07, 6.45) is 8.48. The molecular formula is C60H69F3N10O7. The lowest BCUT2D eigenvalue weighted by molar-refractivity contribution is -0.134. The Bertz CT molecular complexity index is 3420. The van der Waals surface area contributed by atoms with E-state index in [2.05, 4.69) is 33.3 Å². The van der Waals surface area contributed by atoms with E-state index in [0.717, 1.165) is 99.7 Å². The molecule has 5 atom stereocenters. The number of imide groups is 1. The maximum Gasteiger partial charge on any atom is 0.409 e. The summed E-state index contributed by atoms with van der Waals surface area (Å²) in [6.45, 7) is 7.60. The third kappa shape index (κ3) is 9.50. The molecule has 0 saturated carbocycles. The molecule has 6 fully saturated rings. The first-order valence-electron chi connectivity index (χ1n) is 29.0. The summed E-state index contributed by atoms with van der Waals surface area (Å²) in [6, 6.07) is 11.6. The molecule has 0 radical (unpaired) electrons. The van der Waals surface area contributed by atoms with Crippen LogP contribution in [0.2, 0.25) is 0 Å². The zero-order valence-electron chi connectivity index (χ0n) is 45.5. The minimum Gasteiger partial charge on any atom is -0.508 e. The zero-order valence-corrected chi connectivity index (χ0v) is 45.5. The molecule has 1 unspecified atom stereocenters. The molecule has 2 N–H and O–H groups in total. The SMILES string of the molecule is CCc1c(F)ccc2cc(O)cc(-c3nc4c5c(nc(OC[C@@]67CCCN6[C@H](COC(=O)N6CCC(CC8CCN(c9ccc%10c(C%11CCC(=O)NC%11=O)nn(C)c%10c9)CC8)CC6)CC7)nc5c3F)N3CCCOC[C@@H]3C[C@@H]4F)c12. The van der Waals surface area contributed by atoms with E-state index in [0.29, 0.717) is 79.5 Å². The quantitative estimate of drug-likeness (QED) is 0.117. The molecule has 3 aromatic carbocycles. The number of carbonyl (C=O) groups is 3. The maximum atomic E-state index is 17.6. The number of hydrogen-bond donors (Lipinski definition) is 2. The van der Waals surface area contributed by atoms with Crippen LogP contribution in [0, 0.1) is 23.5 Å². The Balaban J connectivity index is 0.645. The third-order valence-electron chi connectivity index (χ3n) is 18.9. The minimum atomic E-state index is -1.63. The van der Waals surface area contributed by atoms with Gasteiger partial charge in [0, 0.05) is 81.9 Å². The van der Waals surface area contributed by atoms with Crippen molar-refractivity contribution in [2.75, 3.05) is 75.5 Å². The lowest BCUT2D eigenvalue weighted by atomic mass is 9.83. The van der Waals surface area contributed by atoms with Gasteiger partial charge in [0.15, 0.2) is 5.82 Å². The number of phenols is 1. The summed E-state index contributed by atoms with van der Waals surface area (Å²) >= 11 is 0. The fourth-order valence-electron chi connectivity index (χ4n) is 14.7. The number of pyridine rings is 1. The Hall–Kier alpha value is -6.80. The predicted octanol–water partition coefficient (Wildman–Crippen LogP) is 9.34. The van der Waals surface area contributed by atoms with E-state index < -0.39 is 29.8 Å². The first-order chi connectivity index (χ1) is 38.8. The number of carbonyl (C=O) groups excluding carboxylic acids is 3. The fraction of sp³-hybridized carbons (Fsp3) is 0.550.